The van der Waals surface area contributed by atoms with Crippen molar-refractivity contribution in [2.45, 2.75) is 46.1 Å². The lowest BCUT2D eigenvalue weighted by molar-refractivity contribution is 0.00808. The van der Waals surface area contributed by atoms with Crippen LogP contribution in [0.4, 0.5) is 0 Å². The maximum absolute atomic E-state index is 11.8. The summed E-state index contributed by atoms with van der Waals surface area (Å²) in [6.45, 7) is 6.19. The first-order valence-electron chi connectivity index (χ1n) is 6.19. The molecule has 4 heteroatoms. The summed E-state index contributed by atoms with van der Waals surface area (Å²) in [5, 5.41) is 0. The fraction of sp³-hybridized carbons (Fsp3) is 0.692. The summed E-state index contributed by atoms with van der Waals surface area (Å²) >= 11 is 0. The highest BCUT2D eigenvalue weighted by molar-refractivity contribution is 5.88. The fourth-order valence-electron chi connectivity index (χ4n) is 2.31. The number of oxazole rings is 1. The molecular weight excluding hydrogens is 218 g/mol. The van der Waals surface area contributed by atoms with Crippen molar-refractivity contribution in [1.82, 2.24) is 4.98 Å². The minimum absolute atomic E-state index is 0.0322. The molecule has 17 heavy (non-hydrogen) atoms. The lowest BCUT2D eigenvalue weighted by Gasteiger charge is -2.31. The second-order valence-electron chi connectivity index (χ2n) is 5.05. The van der Waals surface area contributed by atoms with Gasteiger partial charge in [-0.1, -0.05) is 13.8 Å². The minimum Gasteiger partial charge on any atom is -0.458 e. The number of rotatable bonds is 2. The number of carbonyl (C=O) groups excluding carboxylic acids is 1. The number of aromatic nitrogens is 1. The van der Waals surface area contributed by atoms with Gasteiger partial charge < -0.3 is 9.15 Å². The van der Waals surface area contributed by atoms with E-state index in [0.29, 0.717) is 17.4 Å². The van der Waals surface area contributed by atoms with Gasteiger partial charge in [0.2, 0.25) is 0 Å². The highest BCUT2D eigenvalue weighted by Gasteiger charge is 2.28. The molecule has 1 aromatic rings. The lowest BCUT2D eigenvalue weighted by atomic mass is 9.80. The van der Waals surface area contributed by atoms with Gasteiger partial charge in [0.15, 0.2) is 12.1 Å². The average Bonchev–Trinajstić information content (AvgIpc) is 2.70. The third kappa shape index (κ3) is 2.68. The zero-order chi connectivity index (χ0) is 12.4. The number of esters is 1. The van der Waals surface area contributed by atoms with Crippen molar-refractivity contribution in [2.75, 3.05) is 0 Å². The normalized spacial score (nSPS) is 29.0. The molecule has 1 saturated carbocycles. The van der Waals surface area contributed by atoms with E-state index in [1.807, 2.05) is 0 Å². The molecule has 0 aromatic carbocycles. The molecule has 0 unspecified atom stereocenters. The van der Waals surface area contributed by atoms with Gasteiger partial charge >= 0.3 is 5.97 Å². The standard InChI is InChI=1S/C13H19NO3/c1-8-4-5-11(6-9(8)2)17-13(15)12-10(3)16-7-14-12/h7-9,11H,4-6H2,1-3H3/t8-,9-,11-/m1/s1. The molecule has 0 N–H and O–H groups in total. The SMILES string of the molecule is Cc1ocnc1C(=O)O[C@@H]1CC[C@@H](C)[C@H](C)C1. The summed E-state index contributed by atoms with van der Waals surface area (Å²) in [5.74, 6) is 1.49. The number of nitrogens with zero attached hydrogens (tertiary/aromatic N) is 1. The molecule has 1 aliphatic rings. The zero-order valence-electron chi connectivity index (χ0n) is 10.6. The van der Waals surface area contributed by atoms with Gasteiger partial charge in [0.1, 0.15) is 11.9 Å². The van der Waals surface area contributed by atoms with Gasteiger partial charge in [0.05, 0.1) is 0 Å². The third-order valence-corrected chi connectivity index (χ3v) is 3.76. The molecule has 1 aromatic heterocycles. The van der Waals surface area contributed by atoms with E-state index in [-0.39, 0.29) is 12.1 Å². The van der Waals surface area contributed by atoms with Crippen LogP contribution in [0.3, 0.4) is 0 Å². The van der Waals surface area contributed by atoms with Crippen LogP contribution in [0, 0.1) is 18.8 Å². The Hall–Kier alpha value is -1.32. The van der Waals surface area contributed by atoms with Crippen LogP contribution in [0.15, 0.2) is 10.8 Å². The second kappa shape index (κ2) is 4.90. The number of aryl methyl sites for hydroxylation is 1. The van der Waals surface area contributed by atoms with Crippen LogP contribution in [0.1, 0.15) is 49.4 Å². The molecule has 4 nitrogen and oxygen atoms in total. The van der Waals surface area contributed by atoms with Gasteiger partial charge in [-0.2, -0.15) is 0 Å². The Labute approximate surface area is 101 Å². The van der Waals surface area contributed by atoms with E-state index >= 15 is 0 Å². The Morgan fingerprint density at radius 3 is 2.76 bits per heavy atom. The first-order valence-corrected chi connectivity index (χ1v) is 6.19. The largest absolute Gasteiger partial charge is 0.458 e. The molecule has 1 fully saturated rings. The van der Waals surface area contributed by atoms with Crippen LogP contribution in [0.25, 0.3) is 0 Å². The van der Waals surface area contributed by atoms with E-state index in [1.165, 1.54) is 6.39 Å². The van der Waals surface area contributed by atoms with Crippen LogP contribution < -0.4 is 0 Å². The van der Waals surface area contributed by atoms with Gasteiger partial charge in [-0.05, 0) is 38.0 Å². The van der Waals surface area contributed by atoms with Crippen molar-refractivity contribution < 1.29 is 13.9 Å². The zero-order valence-corrected chi connectivity index (χ0v) is 10.6. The molecule has 0 radical (unpaired) electrons. The second-order valence-corrected chi connectivity index (χ2v) is 5.05. The quantitative estimate of drug-likeness (QED) is 0.742. The Balaban J connectivity index is 1.94. The maximum atomic E-state index is 11.8. The third-order valence-electron chi connectivity index (χ3n) is 3.76. The molecule has 0 bridgehead atoms. The van der Waals surface area contributed by atoms with Crippen molar-refractivity contribution >= 4 is 5.97 Å². The fourth-order valence-corrected chi connectivity index (χ4v) is 2.31. The van der Waals surface area contributed by atoms with Crippen LogP contribution in [-0.2, 0) is 4.74 Å². The molecule has 3 atom stereocenters. The van der Waals surface area contributed by atoms with Crippen LogP contribution >= 0.6 is 0 Å². The van der Waals surface area contributed by atoms with Gasteiger partial charge in [-0.3, -0.25) is 0 Å². The summed E-state index contributed by atoms with van der Waals surface area (Å²) in [5.41, 5.74) is 0.302. The summed E-state index contributed by atoms with van der Waals surface area (Å²) in [4.78, 5) is 15.7. The molecule has 1 aliphatic carbocycles. The number of carbonyl (C=O) groups is 1. The summed E-state index contributed by atoms with van der Waals surface area (Å²) in [6.07, 6.45) is 4.33. The van der Waals surface area contributed by atoms with E-state index < -0.39 is 0 Å². The topological polar surface area (TPSA) is 52.3 Å². The Bertz CT molecular complexity index is 399. The van der Waals surface area contributed by atoms with Crippen molar-refractivity contribution in [2.24, 2.45) is 11.8 Å². The monoisotopic (exact) mass is 237 g/mol. The van der Waals surface area contributed by atoms with Gasteiger partial charge in [0.25, 0.3) is 0 Å². The minimum atomic E-state index is -0.358. The van der Waals surface area contributed by atoms with Crippen molar-refractivity contribution in [3.8, 4) is 0 Å². The molecule has 0 aliphatic heterocycles. The molecular formula is C13H19NO3. The highest BCUT2D eigenvalue weighted by atomic mass is 16.5. The van der Waals surface area contributed by atoms with Crippen molar-refractivity contribution in [3.63, 3.8) is 0 Å². The van der Waals surface area contributed by atoms with Crippen molar-refractivity contribution in [3.05, 3.63) is 17.8 Å². The number of hydrogen-bond acceptors (Lipinski definition) is 4. The predicted octanol–water partition coefficient (Wildman–Crippen LogP) is 2.96. The van der Waals surface area contributed by atoms with E-state index in [0.717, 1.165) is 25.2 Å². The first-order chi connectivity index (χ1) is 8.08. The van der Waals surface area contributed by atoms with Gasteiger partial charge in [0, 0.05) is 0 Å². The molecule has 1 heterocycles. The summed E-state index contributed by atoms with van der Waals surface area (Å²) in [6, 6.07) is 0. The molecule has 0 saturated heterocycles. The number of ether oxygens (including phenoxy) is 1. The van der Waals surface area contributed by atoms with E-state index in [4.69, 9.17) is 9.15 Å². The van der Waals surface area contributed by atoms with Gasteiger partial charge in [-0.25, -0.2) is 9.78 Å². The maximum Gasteiger partial charge on any atom is 0.360 e. The van der Waals surface area contributed by atoms with Crippen LogP contribution in [0.5, 0.6) is 0 Å². The predicted molar refractivity (Wildman–Crippen MR) is 62.6 cm³/mol. The van der Waals surface area contributed by atoms with E-state index in [9.17, 15) is 4.79 Å². The Morgan fingerprint density at radius 1 is 1.41 bits per heavy atom. The van der Waals surface area contributed by atoms with Crippen LogP contribution in [-0.4, -0.2) is 17.1 Å². The molecule has 94 valence electrons. The average molecular weight is 237 g/mol. The Kier molecular flexibility index (Phi) is 3.50. The van der Waals surface area contributed by atoms with Crippen LogP contribution in [0.2, 0.25) is 0 Å². The van der Waals surface area contributed by atoms with E-state index in [2.05, 4.69) is 18.8 Å². The highest BCUT2D eigenvalue weighted by Crippen LogP contribution is 2.31. The van der Waals surface area contributed by atoms with Crippen molar-refractivity contribution in [1.29, 1.82) is 0 Å². The first kappa shape index (κ1) is 12.1. The summed E-state index contributed by atoms with van der Waals surface area (Å²) in [7, 11) is 0. The number of hydrogen-bond donors (Lipinski definition) is 0. The molecule has 2 rings (SSSR count). The smallest absolute Gasteiger partial charge is 0.360 e. The van der Waals surface area contributed by atoms with E-state index in [1.54, 1.807) is 6.92 Å². The molecule has 0 spiro atoms. The Morgan fingerprint density at radius 2 is 2.18 bits per heavy atom. The molecule has 0 amide bonds. The van der Waals surface area contributed by atoms with Gasteiger partial charge in [-0.15, -0.1) is 0 Å². The summed E-state index contributed by atoms with van der Waals surface area (Å²) < 4.78 is 10.5. The lowest BCUT2D eigenvalue weighted by Crippen LogP contribution is -2.29.